The van der Waals surface area contributed by atoms with Gasteiger partial charge >= 0.3 is 0 Å². The van der Waals surface area contributed by atoms with Crippen LogP contribution < -0.4 is 5.73 Å². The lowest BCUT2D eigenvalue weighted by atomic mass is 10.1. The van der Waals surface area contributed by atoms with Gasteiger partial charge < -0.3 is 5.73 Å². The van der Waals surface area contributed by atoms with Crippen molar-refractivity contribution in [3.63, 3.8) is 0 Å². The number of hydrogen-bond donors (Lipinski definition) is 1. The number of rotatable bonds is 1. The highest BCUT2D eigenvalue weighted by molar-refractivity contribution is 6.31. The second-order valence-corrected chi connectivity index (χ2v) is 2.81. The van der Waals surface area contributed by atoms with Gasteiger partial charge in [-0.2, -0.15) is 0 Å². The Kier molecular flexibility index (Phi) is 2.47. The van der Waals surface area contributed by atoms with E-state index < -0.39 is 5.82 Å². The molecule has 0 spiro atoms. The molecule has 0 bridgehead atoms. The van der Waals surface area contributed by atoms with Crippen LogP contribution in [0.4, 0.5) is 4.39 Å². The Balaban J connectivity index is 3.17. The number of nitrogens with two attached hydrogens (primary N) is 1. The summed E-state index contributed by atoms with van der Waals surface area (Å²) in [5.74, 6) is -0.415. The molecule has 1 atom stereocenters. The third-order valence-corrected chi connectivity index (χ3v) is 1.87. The van der Waals surface area contributed by atoms with E-state index in [4.69, 9.17) is 17.3 Å². The highest BCUT2D eigenvalue weighted by Gasteiger charge is 2.07. The zero-order valence-electron chi connectivity index (χ0n) is 6.14. The van der Waals surface area contributed by atoms with Crippen LogP contribution in [0.2, 0.25) is 5.02 Å². The third kappa shape index (κ3) is 1.70. The van der Waals surface area contributed by atoms with Crippen molar-refractivity contribution in [1.82, 2.24) is 0 Å². The minimum absolute atomic E-state index is 0.127. The maximum absolute atomic E-state index is 12.8. The number of benzene rings is 1. The fourth-order valence-electron chi connectivity index (χ4n) is 0.872. The van der Waals surface area contributed by atoms with Crippen molar-refractivity contribution in [1.29, 1.82) is 0 Å². The van der Waals surface area contributed by atoms with E-state index in [1.807, 2.05) is 0 Å². The minimum atomic E-state index is -0.415. The average Bonchev–Trinajstić information content (AvgIpc) is 1.94. The summed E-state index contributed by atoms with van der Waals surface area (Å²) in [6, 6.07) is 4.41. The van der Waals surface area contributed by atoms with Gasteiger partial charge in [0, 0.05) is 6.04 Å². The number of hydrogen-bond acceptors (Lipinski definition) is 1. The first-order valence-electron chi connectivity index (χ1n) is 3.32. The summed E-state index contributed by atoms with van der Waals surface area (Å²) in [7, 11) is 0. The predicted molar refractivity (Wildman–Crippen MR) is 44.0 cm³/mol. The van der Waals surface area contributed by atoms with E-state index in [0.717, 1.165) is 0 Å². The molecule has 11 heavy (non-hydrogen) atoms. The molecule has 0 amide bonds. The van der Waals surface area contributed by atoms with Gasteiger partial charge in [-0.3, -0.25) is 0 Å². The fourth-order valence-corrected chi connectivity index (χ4v) is 1.17. The molecule has 0 saturated carbocycles. The molecule has 0 heterocycles. The first kappa shape index (κ1) is 8.50. The Morgan fingerprint density at radius 3 is 2.64 bits per heavy atom. The van der Waals surface area contributed by atoms with Crippen molar-refractivity contribution in [2.75, 3.05) is 0 Å². The molecule has 0 radical (unpaired) electrons. The van der Waals surface area contributed by atoms with E-state index in [2.05, 4.69) is 0 Å². The summed E-state index contributed by atoms with van der Waals surface area (Å²) in [4.78, 5) is 0. The lowest BCUT2D eigenvalue weighted by Gasteiger charge is -2.07. The average molecular weight is 174 g/mol. The summed E-state index contributed by atoms with van der Waals surface area (Å²) in [6.45, 7) is 1.76. The quantitative estimate of drug-likeness (QED) is 0.694. The maximum Gasteiger partial charge on any atom is 0.142 e. The van der Waals surface area contributed by atoms with Gasteiger partial charge in [0.05, 0.1) is 5.02 Å². The molecule has 0 aliphatic heterocycles. The van der Waals surface area contributed by atoms with Crippen molar-refractivity contribution in [3.8, 4) is 0 Å². The van der Waals surface area contributed by atoms with Crippen molar-refractivity contribution < 1.29 is 4.39 Å². The Bertz CT molecular complexity index is 260. The van der Waals surface area contributed by atoms with E-state index in [-0.39, 0.29) is 11.1 Å². The van der Waals surface area contributed by atoms with Crippen LogP contribution in [-0.2, 0) is 0 Å². The van der Waals surface area contributed by atoms with Crippen LogP contribution in [-0.4, -0.2) is 0 Å². The summed E-state index contributed by atoms with van der Waals surface area (Å²) < 4.78 is 12.8. The van der Waals surface area contributed by atoms with E-state index in [1.165, 1.54) is 6.07 Å². The molecule has 1 rings (SSSR count). The van der Waals surface area contributed by atoms with Gasteiger partial charge in [-0.05, 0) is 18.6 Å². The first-order chi connectivity index (χ1) is 5.13. The molecule has 1 unspecified atom stereocenters. The van der Waals surface area contributed by atoms with Gasteiger partial charge in [-0.1, -0.05) is 23.7 Å². The maximum atomic E-state index is 12.8. The van der Waals surface area contributed by atoms with Crippen LogP contribution in [0.3, 0.4) is 0 Å². The first-order valence-corrected chi connectivity index (χ1v) is 3.70. The van der Waals surface area contributed by atoms with E-state index in [0.29, 0.717) is 5.56 Å². The molecule has 0 saturated heterocycles. The standard InChI is InChI=1S/C8H9ClFN/c1-5(11)6-3-2-4-7(10)8(6)9/h2-5H,11H2,1H3. The monoisotopic (exact) mass is 173 g/mol. The molecule has 60 valence electrons. The fraction of sp³-hybridized carbons (Fsp3) is 0.250. The van der Waals surface area contributed by atoms with Gasteiger partial charge in [0.1, 0.15) is 5.82 Å². The van der Waals surface area contributed by atoms with Crippen LogP contribution >= 0.6 is 11.6 Å². The predicted octanol–water partition coefficient (Wildman–Crippen LogP) is 2.50. The van der Waals surface area contributed by atoms with E-state index in [9.17, 15) is 4.39 Å². The molecule has 1 aromatic rings. The van der Waals surface area contributed by atoms with E-state index >= 15 is 0 Å². The normalized spacial score (nSPS) is 13.1. The summed E-state index contributed by atoms with van der Waals surface area (Å²) in [5.41, 5.74) is 6.18. The molecule has 0 fully saturated rings. The third-order valence-electron chi connectivity index (χ3n) is 1.47. The van der Waals surface area contributed by atoms with Gasteiger partial charge in [0.25, 0.3) is 0 Å². The topological polar surface area (TPSA) is 26.0 Å². The Labute approximate surface area is 70.0 Å². The highest BCUT2D eigenvalue weighted by atomic mass is 35.5. The molecule has 1 nitrogen and oxygen atoms in total. The summed E-state index contributed by atoms with van der Waals surface area (Å²) >= 11 is 5.63. The number of halogens is 2. The summed E-state index contributed by atoms with van der Waals surface area (Å²) in [6.07, 6.45) is 0. The Morgan fingerprint density at radius 2 is 2.18 bits per heavy atom. The SMILES string of the molecule is CC(N)c1cccc(F)c1Cl. The van der Waals surface area contributed by atoms with Gasteiger partial charge in [-0.15, -0.1) is 0 Å². The molecule has 1 aromatic carbocycles. The molecule has 0 aliphatic rings. The van der Waals surface area contributed by atoms with Crippen LogP contribution in [0.15, 0.2) is 18.2 Å². The van der Waals surface area contributed by atoms with Gasteiger partial charge in [0.15, 0.2) is 0 Å². The lowest BCUT2D eigenvalue weighted by Crippen LogP contribution is -2.05. The molecule has 0 aliphatic carbocycles. The van der Waals surface area contributed by atoms with Crippen molar-refractivity contribution >= 4 is 11.6 Å². The van der Waals surface area contributed by atoms with Gasteiger partial charge in [0.2, 0.25) is 0 Å². The zero-order valence-corrected chi connectivity index (χ0v) is 6.90. The molecular formula is C8H9ClFN. The molecule has 3 heteroatoms. The van der Waals surface area contributed by atoms with Crippen molar-refractivity contribution in [2.45, 2.75) is 13.0 Å². The Morgan fingerprint density at radius 1 is 1.55 bits per heavy atom. The van der Waals surface area contributed by atoms with Crippen LogP contribution in [0, 0.1) is 5.82 Å². The molecular weight excluding hydrogens is 165 g/mol. The van der Waals surface area contributed by atoms with Crippen LogP contribution in [0.25, 0.3) is 0 Å². The molecule has 0 aromatic heterocycles. The van der Waals surface area contributed by atoms with Crippen LogP contribution in [0.1, 0.15) is 18.5 Å². The summed E-state index contributed by atoms with van der Waals surface area (Å²) in [5, 5.41) is 0.127. The highest BCUT2D eigenvalue weighted by Crippen LogP contribution is 2.23. The van der Waals surface area contributed by atoms with Crippen molar-refractivity contribution in [3.05, 3.63) is 34.6 Å². The van der Waals surface area contributed by atoms with Crippen molar-refractivity contribution in [2.24, 2.45) is 5.73 Å². The second-order valence-electron chi connectivity index (χ2n) is 2.43. The zero-order chi connectivity index (χ0) is 8.43. The van der Waals surface area contributed by atoms with Gasteiger partial charge in [-0.25, -0.2) is 4.39 Å². The minimum Gasteiger partial charge on any atom is -0.324 e. The second kappa shape index (κ2) is 3.20. The largest absolute Gasteiger partial charge is 0.324 e. The smallest absolute Gasteiger partial charge is 0.142 e. The molecule has 2 N–H and O–H groups in total. The van der Waals surface area contributed by atoms with E-state index in [1.54, 1.807) is 19.1 Å². The Hall–Kier alpha value is -0.600. The van der Waals surface area contributed by atoms with Crippen LogP contribution in [0.5, 0.6) is 0 Å². The lowest BCUT2D eigenvalue weighted by molar-refractivity contribution is 0.623.